The molecule has 1 fully saturated rings. The zero-order valence-electron chi connectivity index (χ0n) is 14.4. The van der Waals surface area contributed by atoms with Gasteiger partial charge in [0.15, 0.2) is 5.96 Å². The highest BCUT2D eigenvalue weighted by atomic mass is 127. The molecule has 2 aromatic rings. The van der Waals surface area contributed by atoms with Crippen LogP contribution in [0.1, 0.15) is 43.4 Å². The van der Waals surface area contributed by atoms with E-state index in [2.05, 4.69) is 15.4 Å². The second kappa shape index (κ2) is 9.17. The number of nitrogens with two attached hydrogens (primary N) is 1. The van der Waals surface area contributed by atoms with Gasteiger partial charge in [0.1, 0.15) is 5.82 Å². The Morgan fingerprint density at radius 2 is 1.96 bits per heavy atom. The van der Waals surface area contributed by atoms with Gasteiger partial charge in [0, 0.05) is 17.8 Å². The first-order valence-corrected chi connectivity index (χ1v) is 8.49. The number of aryl methyl sites for hydroxylation is 1. The fourth-order valence-electron chi connectivity index (χ4n) is 3.05. The molecule has 1 aromatic heterocycles. The number of aromatic nitrogens is 2. The van der Waals surface area contributed by atoms with E-state index < -0.39 is 0 Å². The van der Waals surface area contributed by atoms with Crippen molar-refractivity contribution in [2.75, 3.05) is 0 Å². The van der Waals surface area contributed by atoms with Crippen molar-refractivity contribution in [2.45, 2.75) is 51.6 Å². The SMILES string of the molecule is Cc1nn(-c2ccc(F)cc2)cc1CN=C(N)NC1CCCCC1.I. The first-order valence-electron chi connectivity index (χ1n) is 8.49. The van der Waals surface area contributed by atoms with Gasteiger partial charge in [0.2, 0.25) is 0 Å². The summed E-state index contributed by atoms with van der Waals surface area (Å²) >= 11 is 0. The molecule has 7 heteroatoms. The second-order valence-electron chi connectivity index (χ2n) is 6.34. The van der Waals surface area contributed by atoms with Gasteiger partial charge in [-0.2, -0.15) is 5.10 Å². The van der Waals surface area contributed by atoms with E-state index in [-0.39, 0.29) is 29.8 Å². The molecule has 0 spiro atoms. The molecular weight excluding hydrogens is 432 g/mol. The van der Waals surface area contributed by atoms with Crippen LogP contribution in [0.4, 0.5) is 4.39 Å². The van der Waals surface area contributed by atoms with Crippen LogP contribution in [0.5, 0.6) is 0 Å². The maximum atomic E-state index is 13.0. The average molecular weight is 457 g/mol. The van der Waals surface area contributed by atoms with Crippen LogP contribution in [0.25, 0.3) is 5.69 Å². The summed E-state index contributed by atoms with van der Waals surface area (Å²) in [5, 5.41) is 7.78. The number of halogens is 2. The quantitative estimate of drug-likeness (QED) is 0.418. The molecule has 1 aliphatic carbocycles. The molecular formula is C18H25FIN5. The molecule has 1 saturated carbocycles. The van der Waals surface area contributed by atoms with Crippen molar-refractivity contribution in [1.82, 2.24) is 15.1 Å². The lowest BCUT2D eigenvalue weighted by Gasteiger charge is -2.23. The fraction of sp³-hybridized carbons (Fsp3) is 0.444. The third kappa shape index (κ3) is 5.42. The Bertz CT molecular complexity index is 705. The smallest absolute Gasteiger partial charge is 0.189 e. The second-order valence-corrected chi connectivity index (χ2v) is 6.34. The van der Waals surface area contributed by atoms with Crippen LogP contribution in [0.2, 0.25) is 0 Å². The summed E-state index contributed by atoms with van der Waals surface area (Å²) in [7, 11) is 0. The van der Waals surface area contributed by atoms with Gasteiger partial charge in [-0.3, -0.25) is 0 Å². The van der Waals surface area contributed by atoms with Gasteiger partial charge in [0.25, 0.3) is 0 Å². The van der Waals surface area contributed by atoms with Crippen LogP contribution in [-0.4, -0.2) is 21.8 Å². The summed E-state index contributed by atoms with van der Waals surface area (Å²) in [5.74, 6) is 0.241. The maximum Gasteiger partial charge on any atom is 0.189 e. The molecule has 0 aliphatic heterocycles. The molecule has 25 heavy (non-hydrogen) atoms. The molecule has 0 unspecified atom stereocenters. The van der Waals surface area contributed by atoms with Gasteiger partial charge in [-0.25, -0.2) is 14.1 Å². The highest BCUT2D eigenvalue weighted by Crippen LogP contribution is 2.17. The molecule has 1 heterocycles. The Labute approximate surface area is 164 Å². The molecule has 0 atom stereocenters. The van der Waals surface area contributed by atoms with Crippen molar-refractivity contribution in [1.29, 1.82) is 0 Å². The normalized spacial score (nSPS) is 15.7. The zero-order valence-corrected chi connectivity index (χ0v) is 16.7. The summed E-state index contributed by atoms with van der Waals surface area (Å²) in [6, 6.07) is 6.71. The molecule has 1 aromatic carbocycles. The van der Waals surface area contributed by atoms with Crippen LogP contribution in [0, 0.1) is 12.7 Å². The Kier molecular flexibility index (Phi) is 7.22. The van der Waals surface area contributed by atoms with Gasteiger partial charge in [-0.1, -0.05) is 19.3 Å². The third-order valence-corrected chi connectivity index (χ3v) is 4.47. The van der Waals surface area contributed by atoms with E-state index in [4.69, 9.17) is 5.73 Å². The van der Waals surface area contributed by atoms with Gasteiger partial charge >= 0.3 is 0 Å². The van der Waals surface area contributed by atoms with E-state index in [0.29, 0.717) is 18.5 Å². The standard InChI is InChI=1S/C18H24FN5.HI/c1-13-14(11-21-18(20)22-16-5-3-2-4-6-16)12-24(23-13)17-9-7-15(19)8-10-17;/h7-10,12,16H,2-6,11H2,1H3,(H3,20,21,22);1H. The van der Waals surface area contributed by atoms with Crippen molar-refractivity contribution >= 4 is 29.9 Å². The zero-order chi connectivity index (χ0) is 16.9. The fourth-order valence-corrected chi connectivity index (χ4v) is 3.05. The van der Waals surface area contributed by atoms with Gasteiger partial charge in [-0.05, 0) is 44.0 Å². The van der Waals surface area contributed by atoms with Crippen LogP contribution < -0.4 is 11.1 Å². The van der Waals surface area contributed by atoms with Gasteiger partial charge in [0.05, 0.1) is 17.9 Å². The minimum absolute atomic E-state index is 0. The van der Waals surface area contributed by atoms with Crippen molar-refractivity contribution in [3.63, 3.8) is 0 Å². The van der Waals surface area contributed by atoms with Crippen molar-refractivity contribution in [2.24, 2.45) is 10.7 Å². The van der Waals surface area contributed by atoms with Crippen LogP contribution in [-0.2, 0) is 6.54 Å². The Balaban J connectivity index is 0.00000225. The lowest BCUT2D eigenvalue weighted by atomic mass is 9.96. The van der Waals surface area contributed by atoms with Crippen LogP contribution in [0.15, 0.2) is 35.5 Å². The number of hydrogen-bond acceptors (Lipinski definition) is 2. The molecule has 0 amide bonds. The number of aliphatic imine (C=N–C) groups is 1. The van der Waals surface area contributed by atoms with Crippen molar-refractivity contribution in [3.05, 3.63) is 47.5 Å². The number of nitrogens with zero attached hydrogens (tertiary/aromatic N) is 3. The highest BCUT2D eigenvalue weighted by molar-refractivity contribution is 14.0. The number of guanidine groups is 1. The Morgan fingerprint density at radius 1 is 1.28 bits per heavy atom. The first kappa shape index (κ1) is 19.7. The van der Waals surface area contributed by atoms with E-state index >= 15 is 0 Å². The number of benzene rings is 1. The average Bonchev–Trinajstić information content (AvgIpc) is 2.95. The molecule has 0 bridgehead atoms. The summed E-state index contributed by atoms with van der Waals surface area (Å²) in [5.41, 5.74) is 8.73. The van der Waals surface area contributed by atoms with Gasteiger partial charge in [-0.15, -0.1) is 24.0 Å². The lowest BCUT2D eigenvalue weighted by molar-refractivity contribution is 0.412. The highest BCUT2D eigenvalue weighted by Gasteiger charge is 2.13. The van der Waals surface area contributed by atoms with Crippen molar-refractivity contribution < 1.29 is 4.39 Å². The van der Waals surface area contributed by atoms with E-state index in [1.807, 2.05) is 13.1 Å². The number of hydrogen-bond donors (Lipinski definition) is 2. The minimum atomic E-state index is -0.256. The maximum absolute atomic E-state index is 13.0. The van der Waals surface area contributed by atoms with Gasteiger partial charge < -0.3 is 11.1 Å². The topological polar surface area (TPSA) is 68.2 Å². The Hall–Kier alpha value is -1.64. The van der Waals surface area contributed by atoms with E-state index in [9.17, 15) is 4.39 Å². The largest absolute Gasteiger partial charge is 0.370 e. The predicted molar refractivity (Wildman–Crippen MR) is 109 cm³/mol. The molecule has 3 rings (SSSR count). The number of nitrogens with one attached hydrogen (secondary N) is 1. The third-order valence-electron chi connectivity index (χ3n) is 4.47. The monoisotopic (exact) mass is 457 g/mol. The van der Waals surface area contributed by atoms with E-state index in [1.165, 1.54) is 31.4 Å². The van der Waals surface area contributed by atoms with E-state index in [1.54, 1.807) is 16.8 Å². The molecule has 0 radical (unpaired) electrons. The molecule has 0 saturated heterocycles. The van der Waals surface area contributed by atoms with Crippen LogP contribution in [0.3, 0.4) is 0 Å². The summed E-state index contributed by atoms with van der Waals surface area (Å²) < 4.78 is 14.8. The molecule has 1 aliphatic rings. The van der Waals surface area contributed by atoms with E-state index in [0.717, 1.165) is 29.8 Å². The first-order chi connectivity index (χ1) is 11.6. The van der Waals surface area contributed by atoms with Crippen LogP contribution >= 0.6 is 24.0 Å². The summed E-state index contributed by atoms with van der Waals surface area (Å²) in [6.07, 6.45) is 8.08. The summed E-state index contributed by atoms with van der Waals surface area (Å²) in [6.45, 7) is 2.42. The molecule has 136 valence electrons. The number of rotatable bonds is 4. The predicted octanol–water partition coefficient (Wildman–Crippen LogP) is 3.67. The lowest BCUT2D eigenvalue weighted by Crippen LogP contribution is -2.41. The molecule has 3 N–H and O–H groups in total. The molecule has 5 nitrogen and oxygen atoms in total. The minimum Gasteiger partial charge on any atom is -0.370 e. The Morgan fingerprint density at radius 3 is 2.64 bits per heavy atom. The van der Waals surface area contributed by atoms with Crippen molar-refractivity contribution in [3.8, 4) is 5.69 Å². The summed E-state index contributed by atoms with van der Waals surface area (Å²) in [4.78, 5) is 4.44.